The number of benzene rings is 2. The third-order valence-corrected chi connectivity index (χ3v) is 6.01. The summed E-state index contributed by atoms with van der Waals surface area (Å²) in [6.45, 7) is 4.51. The van der Waals surface area contributed by atoms with Gasteiger partial charge in [-0.1, -0.05) is 24.3 Å². The van der Waals surface area contributed by atoms with Crippen LogP contribution in [0.15, 0.2) is 48.5 Å². The van der Waals surface area contributed by atoms with Gasteiger partial charge in [0.05, 0.1) is 19.1 Å². The number of nitrogens with one attached hydrogen (secondary N) is 1. The molecule has 2 amide bonds. The fourth-order valence-electron chi connectivity index (χ4n) is 3.20. The number of carbonyl (C=O) groups excluding carboxylic acids is 2. The van der Waals surface area contributed by atoms with E-state index in [0.29, 0.717) is 15.6 Å². The first-order chi connectivity index (χ1) is 15.4. The van der Waals surface area contributed by atoms with Crippen molar-refractivity contribution in [2.75, 3.05) is 24.2 Å². The summed E-state index contributed by atoms with van der Waals surface area (Å²) in [4.78, 5) is 27.3. The Bertz CT molecular complexity index is 1090. The minimum Gasteiger partial charge on any atom is -0.497 e. The smallest absolute Gasteiger partial charge is 0.244 e. The lowest BCUT2D eigenvalue weighted by Gasteiger charge is -2.32. The van der Waals surface area contributed by atoms with E-state index in [9.17, 15) is 22.4 Å². The predicted molar refractivity (Wildman–Crippen MR) is 125 cm³/mol. The molecule has 0 aliphatic carbocycles. The third kappa shape index (κ3) is 7.18. The molecular weight excluding hydrogens is 449 g/mol. The normalized spacial score (nSPS) is 12.2. The summed E-state index contributed by atoms with van der Waals surface area (Å²) in [6.07, 6.45) is 0.897. The Morgan fingerprint density at radius 1 is 1.09 bits per heavy atom. The largest absolute Gasteiger partial charge is 0.497 e. The average Bonchev–Trinajstić information content (AvgIpc) is 2.74. The van der Waals surface area contributed by atoms with Gasteiger partial charge in [0, 0.05) is 12.6 Å². The van der Waals surface area contributed by atoms with Crippen LogP contribution in [0.25, 0.3) is 0 Å². The molecule has 0 aromatic heterocycles. The van der Waals surface area contributed by atoms with Crippen molar-refractivity contribution < 1.29 is 27.1 Å². The summed E-state index contributed by atoms with van der Waals surface area (Å²) in [6, 6.07) is 11.2. The van der Waals surface area contributed by atoms with Crippen molar-refractivity contribution in [3.8, 4) is 5.75 Å². The van der Waals surface area contributed by atoms with Crippen LogP contribution >= 0.6 is 0 Å². The molecule has 0 radical (unpaired) electrons. The first-order valence-electron chi connectivity index (χ1n) is 10.4. The van der Waals surface area contributed by atoms with Crippen molar-refractivity contribution in [3.63, 3.8) is 0 Å². The Labute approximate surface area is 194 Å². The maximum Gasteiger partial charge on any atom is 0.244 e. The van der Waals surface area contributed by atoms with Crippen molar-refractivity contribution >= 4 is 27.5 Å². The Kier molecular flexibility index (Phi) is 8.81. The molecule has 0 spiro atoms. The molecule has 0 aliphatic heterocycles. The van der Waals surface area contributed by atoms with E-state index in [0.717, 1.165) is 12.3 Å². The number of amides is 2. The van der Waals surface area contributed by atoms with E-state index in [4.69, 9.17) is 4.74 Å². The number of methoxy groups -OCH3 is 1. The number of rotatable bonds is 10. The minimum atomic E-state index is -3.99. The third-order valence-electron chi connectivity index (χ3n) is 4.89. The molecule has 8 nitrogen and oxygen atoms in total. The van der Waals surface area contributed by atoms with Crippen LogP contribution < -0.4 is 14.4 Å². The topological polar surface area (TPSA) is 96.0 Å². The molecule has 1 unspecified atom stereocenters. The number of hydrogen-bond donors (Lipinski definition) is 1. The lowest BCUT2D eigenvalue weighted by Crippen LogP contribution is -2.52. The minimum absolute atomic E-state index is 0.0254. The molecule has 0 fully saturated rings. The number of ether oxygens (including phenoxy) is 1. The molecule has 1 N–H and O–H groups in total. The predicted octanol–water partition coefficient (Wildman–Crippen LogP) is 2.54. The van der Waals surface area contributed by atoms with E-state index in [2.05, 4.69) is 5.32 Å². The van der Waals surface area contributed by atoms with E-state index in [-0.39, 0.29) is 18.3 Å². The van der Waals surface area contributed by atoms with E-state index >= 15 is 0 Å². The zero-order chi connectivity index (χ0) is 24.8. The molecule has 180 valence electrons. The molecule has 1 atom stereocenters. The Balaban J connectivity index is 2.42. The van der Waals surface area contributed by atoms with Crippen molar-refractivity contribution in [2.24, 2.45) is 0 Å². The molecule has 2 aromatic carbocycles. The zero-order valence-corrected chi connectivity index (χ0v) is 20.2. The molecule has 0 saturated carbocycles. The van der Waals surface area contributed by atoms with Crippen LogP contribution in [0, 0.1) is 5.82 Å². The van der Waals surface area contributed by atoms with Gasteiger partial charge in [0.25, 0.3) is 0 Å². The molecule has 0 saturated heterocycles. The van der Waals surface area contributed by atoms with Gasteiger partial charge in [0.15, 0.2) is 0 Å². The molecular formula is C23H30FN3O5S. The van der Waals surface area contributed by atoms with Crippen LogP contribution in [-0.2, 0) is 26.2 Å². The summed E-state index contributed by atoms with van der Waals surface area (Å²) in [7, 11) is -2.48. The number of carbonyl (C=O) groups is 2. The highest BCUT2D eigenvalue weighted by Crippen LogP contribution is 2.22. The number of anilines is 1. The molecule has 2 rings (SSSR count). The van der Waals surface area contributed by atoms with Gasteiger partial charge >= 0.3 is 0 Å². The second-order valence-electron chi connectivity index (χ2n) is 7.93. The summed E-state index contributed by atoms with van der Waals surface area (Å²) in [5.41, 5.74) is 0.442. The van der Waals surface area contributed by atoms with Crippen LogP contribution in [0.3, 0.4) is 0 Å². The second-order valence-corrected chi connectivity index (χ2v) is 9.84. The van der Waals surface area contributed by atoms with Crippen LogP contribution in [0.1, 0.15) is 26.3 Å². The number of nitrogens with zero attached hydrogens (tertiary/aromatic N) is 2. The highest BCUT2D eigenvalue weighted by molar-refractivity contribution is 7.92. The van der Waals surface area contributed by atoms with Crippen LogP contribution in [-0.4, -0.2) is 57.1 Å². The number of hydrogen-bond acceptors (Lipinski definition) is 5. The number of sulfonamides is 1. The lowest BCUT2D eigenvalue weighted by molar-refractivity contribution is -0.139. The lowest BCUT2D eigenvalue weighted by atomic mass is 10.1. The monoisotopic (exact) mass is 479 g/mol. The standard InChI is InChI=1S/C23H30FN3O5S/c1-16(2)25-23(29)17(3)26(14-18-9-8-10-19(13-18)32-4)22(28)15-27(33(5,30)31)21-12-7-6-11-20(21)24/h6-13,16-17H,14-15H2,1-5H3,(H,25,29). The Hall–Kier alpha value is -3.14. The summed E-state index contributed by atoms with van der Waals surface area (Å²) in [5, 5.41) is 2.76. The van der Waals surface area contributed by atoms with E-state index < -0.39 is 40.2 Å². The Morgan fingerprint density at radius 3 is 2.33 bits per heavy atom. The molecule has 10 heteroatoms. The van der Waals surface area contributed by atoms with Gasteiger partial charge in [0.1, 0.15) is 24.2 Å². The summed E-state index contributed by atoms with van der Waals surface area (Å²) < 4.78 is 45.2. The van der Waals surface area contributed by atoms with E-state index in [1.165, 1.54) is 30.2 Å². The average molecular weight is 480 g/mol. The fraction of sp³-hybridized carbons (Fsp3) is 0.391. The van der Waals surface area contributed by atoms with Crippen LogP contribution in [0.5, 0.6) is 5.75 Å². The van der Waals surface area contributed by atoms with Crippen LogP contribution in [0.2, 0.25) is 0 Å². The molecule has 0 bridgehead atoms. The summed E-state index contributed by atoms with van der Waals surface area (Å²) in [5.74, 6) is -1.25. The highest BCUT2D eigenvalue weighted by Gasteiger charge is 2.31. The molecule has 33 heavy (non-hydrogen) atoms. The maximum absolute atomic E-state index is 14.4. The van der Waals surface area contributed by atoms with Crippen molar-refractivity contribution in [1.82, 2.24) is 10.2 Å². The van der Waals surface area contributed by atoms with Crippen molar-refractivity contribution in [3.05, 3.63) is 59.9 Å². The van der Waals surface area contributed by atoms with Gasteiger partial charge in [-0.15, -0.1) is 0 Å². The SMILES string of the molecule is COc1cccc(CN(C(=O)CN(c2ccccc2F)S(C)(=O)=O)C(C)C(=O)NC(C)C)c1. The zero-order valence-electron chi connectivity index (χ0n) is 19.4. The van der Waals surface area contributed by atoms with Crippen LogP contribution in [0.4, 0.5) is 10.1 Å². The van der Waals surface area contributed by atoms with E-state index in [1.807, 2.05) is 0 Å². The fourth-order valence-corrected chi connectivity index (χ4v) is 4.05. The van der Waals surface area contributed by atoms with Crippen molar-refractivity contribution in [2.45, 2.75) is 39.4 Å². The summed E-state index contributed by atoms with van der Waals surface area (Å²) >= 11 is 0. The van der Waals surface area contributed by atoms with Gasteiger partial charge in [-0.2, -0.15) is 0 Å². The van der Waals surface area contributed by atoms with Gasteiger partial charge in [-0.05, 0) is 50.6 Å². The molecule has 2 aromatic rings. The van der Waals surface area contributed by atoms with E-state index in [1.54, 1.807) is 45.0 Å². The van der Waals surface area contributed by atoms with Gasteiger partial charge in [0.2, 0.25) is 21.8 Å². The van der Waals surface area contributed by atoms with Crippen molar-refractivity contribution in [1.29, 1.82) is 0 Å². The Morgan fingerprint density at radius 2 is 1.76 bits per heavy atom. The maximum atomic E-state index is 14.4. The van der Waals surface area contributed by atoms with Gasteiger partial charge in [-0.25, -0.2) is 12.8 Å². The molecule has 0 aliphatic rings. The van der Waals surface area contributed by atoms with Gasteiger partial charge in [-0.3, -0.25) is 13.9 Å². The number of para-hydroxylation sites is 1. The first-order valence-corrected chi connectivity index (χ1v) is 12.2. The second kappa shape index (κ2) is 11.1. The quantitative estimate of drug-likeness (QED) is 0.565. The first kappa shape index (κ1) is 26.1. The highest BCUT2D eigenvalue weighted by atomic mass is 32.2. The molecule has 0 heterocycles. The van der Waals surface area contributed by atoms with Gasteiger partial charge < -0.3 is 15.0 Å². The number of halogens is 1.